The third-order valence-corrected chi connectivity index (χ3v) is 6.83. The van der Waals surface area contributed by atoms with E-state index in [1.54, 1.807) is 0 Å². The Hall–Kier alpha value is -0.930. The van der Waals surface area contributed by atoms with Gasteiger partial charge >= 0.3 is 0 Å². The van der Waals surface area contributed by atoms with Gasteiger partial charge < -0.3 is 5.73 Å². The zero-order valence-corrected chi connectivity index (χ0v) is 14.5. The minimum atomic E-state index is 0.277. The molecule has 118 valence electrons. The normalized spacial score (nSPS) is 34.3. The highest BCUT2D eigenvalue weighted by Gasteiger charge is 2.48. The van der Waals surface area contributed by atoms with E-state index in [-0.39, 0.29) is 5.41 Å². The van der Waals surface area contributed by atoms with Crippen molar-refractivity contribution in [2.45, 2.75) is 51.0 Å². The predicted octanol–water partition coefficient (Wildman–Crippen LogP) is 3.26. The molecule has 3 atom stereocenters. The largest absolute Gasteiger partial charge is 0.389 e. The lowest BCUT2D eigenvalue weighted by molar-refractivity contribution is 0.0284. The SMILES string of the molecule is CC1C2Cc3ccc(C(N)=S)cc3[C@@]1(C)CCN2CC1CC1. The van der Waals surface area contributed by atoms with Crippen LogP contribution in [0.25, 0.3) is 0 Å². The van der Waals surface area contributed by atoms with Crippen molar-refractivity contribution in [1.29, 1.82) is 0 Å². The zero-order valence-electron chi connectivity index (χ0n) is 13.6. The summed E-state index contributed by atoms with van der Waals surface area (Å²) in [7, 11) is 0. The van der Waals surface area contributed by atoms with Crippen LogP contribution in [0, 0.1) is 11.8 Å². The summed E-state index contributed by atoms with van der Waals surface area (Å²) in [4.78, 5) is 3.31. The van der Waals surface area contributed by atoms with E-state index >= 15 is 0 Å². The van der Waals surface area contributed by atoms with Crippen LogP contribution < -0.4 is 5.73 Å². The van der Waals surface area contributed by atoms with Crippen molar-refractivity contribution in [2.24, 2.45) is 17.6 Å². The highest BCUT2D eigenvalue weighted by Crippen LogP contribution is 2.49. The van der Waals surface area contributed by atoms with Gasteiger partial charge in [-0.1, -0.05) is 38.2 Å². The number of hydrogen-bond donors (Lipinski definition) is 1. The Bertz CT molecular complexity index is 622. The summed E-state index contributed by atoms with van der Waals surface area (Å²) in [5, 5.41) is 0. The molecule has 1 saturated heterocycles. The van der Waals surface area contributed by atoms with Crippen molar-refractivity contribution < 1.29 is 0 Å². The molecule has 2 N–H and O–H groups in total. The van der Waals surface area contributed by atoms with Gasteiger partial charge in [-0.15, -0.1) is 0 Å². The first-order valence-electron chi connectivity index (χ1n) is 8.66. The minimum Gasteiger partial charge on any atom is -0.389 e. The average molecular weight is 314 g/mol. The molecule has 1 heterocycles. The summed E-state index contributed by atoms with van der Waals surface area (Å²) in [6, 6.07) is 7.38. The van der Waals surface area contributed by atoms with E-state index in [2.05, 4.69) is 36.9 Å². The maximum Gasteiger partial charge on any atom is 0.103 e. The van der Waals surface area contributed by atoms with E-state index in [9.17, 15) is 0 Å². The minimum absolute atomic E-state index is 0.277. The predicted molar refractivity (Wildman–Crippen MR) is 95.3 cm³/mol. The third-order valence-electron chi connectivity index (χ3n) is 6.60. The van der Waals surface area contributed by atoms with Crippen molar-refractivity contribution in [3.05, 3.63) is 34.9 Å². The van der Waals surface area contributed by atoms with Gasteiger partial charge in [-0.2, -0.15) is 0 Å². The van der Waals surface area contributed by atoms with Crippen molar-refractivity contribution in [3.63, 3.8) is 0 Å². The molecule has 0 spiro atoms. The highest BCUT2D eigenvalue weighted by molar-refractivity contribution is 7.80. The second-order valence-electron chi connectivity index (χ2n) is 7.90. The molecule has 3 aliphatic rings. The van der Waals surface area contributed by atoms with Gasteiger partial charge in [-0.05, 0) is 66.7 Å². The molecular formula is C19H26N2S. The van der Waals surface area contributed by atoms with Crippen LogP contribution in [0.4, 0.5) is 0 Å². The fourth-order valence-corrected chi connectivity index (χ4v) is 4.85. The fourth-order valence-electron chi connectivity index (χ4n) is 4.72. The summed E-state index contributed by atoms with van der Waals surface area (Å²) in [5.74, 6) is 1.68. The maximum atomic E-state index is 5.86. The number of nitrogens with two attached hydrogens (primary N) is 1. The zero-order chi connectivity index (χ0) is 15.5. The van der Waals surface area contributed by atoms with Crippen LogP contribution in [0.15, 0.2) is 18.2 Å². The molecule has 2 fully saturated rings. The van der Waals surface area contributed by atoms with E-state index in [0.29, 0.717) is 16.9 Å². The summed E-state index contributed by atoms with van der Waals surface area (Å²) < 4.78 is 0. The smallest absolute Gasteiger partial charge is 0.103 e. The Morgan fingerprint density at radius 1 is 1.41 bits per heavy atom. The van der Waals surface area contributed by atoms with Crippen LogP contribution >= 0.6 is 12.2 Å². The Kier molecular flexibility index (Phi) is 3.35. The van der Waals surface area contributed by atoms with Gasteiger partial charge in [0.1, 0.15) is 4.99 Å². The van der Waals surface area contributed by atoms with Gasteiger partial charge in [-0.25, -0.2) is 0 Å². The Balaban J connectivity index is 1.72. The standard InChI is InChI=1S/C19H26N2S/c1-12-17-10-14-5-6-15(18(20)22)9-16(14)19(12,2)7-8-21(17)11-13-3-4-13/h5-6,9,12-13,17H,3-4,7-8,10-11H2,1-2H3,(H2,20,22)/t12?,17?,19-/m0/s1. The number of benzene rings is 1. The van der Waals surface area contributed by atoms with Gasteiger partial charge in [0.2, 0.25) is 0 Å². The Labute approximate surface area is 139 Å². The van der Waals surface area contributed by atoms with E-state index in [0.717, 1.165) is 11.5 Å². The first kappa shape index (κ1) is 14.6. The second-order valence-corrected chi connectivity index (χ2v) is 8.34. The lowest BCUT2D eigenvalue weighted by Gasteiger charge is -2.55. The van der Waals surface area contributed by atoms with Gasteiger partial charge in [0.25, 0.3) is 0 Å². The lowest BCUT2D eigenvalue weighted by atomic mass is 9.59. The number of nitrogens with zero attached hydrogens (tertiary/aromatic N) is 1. The Morgan fingerprint density at radius 3 is 2.86 bits per heavy atom. The van der Waals surface area contributed by atoms with Crippen LogP contribution in [0.2, 0.25) is 0 Å². The number of likely N-dealkylation sites (tertiary alicyclic amines) is 1. The van der Waals surface area contributed by atoms with Gasteiger partial charge in [0.15, 0.2) is 0 Å². The average Bonchev–Trinajstić information content (AvgIpc) is 3.29. The quantitative estimate of drug-likeness (QED) is 0.868. The molecule has 4 rings (SSSR count). The molecule has 1 aromatic carbocycles. The van der Waals surface area contributed by atoms with E-state index in [1.165, 1.54) is 49.9 Å². The summed E-state index contributed by atoms with van der Waals surface area (Å²) in [6.07, 6.45) is 5.34. The number of thiocarbonyl (C=S) groups is 1. The molecule has 1 aliphatic heterocycles. The third kappa shape index (κ3) is 2.21. The topological polar surface area (TPSA) is 29.3 Å². The van der Waals surface area contributed by atoms with Crippen LogP contribution in [-0.4, -0.2) is 29.0 Å². The van der Waals surface area contributed by atoms with Gasteiger partial charge in [0, 0.05) is 18.2 Å². The molecule has 1 saturated carbocycles. The van der Waals surface area contributed by atoms with Crippen molar-refractivity contribution in [2.75, 3.05) is 13.1 Å². The molecule has 2 unspecified atom stereocenters. The first-order valence-corrected chi connectivity index (χ1v) is 9.07. The lowest BCUT2D eigenvalue weighted by Crippen LogP contribution is -2.58. The van der Waals surface area contributed by atoms with E-state index in [1.807, 2.05) is 0 Å². The molecule has 3 heteroatoms. The van der Waals surface area contributed by atoms with E-state index < -0.39 is 0 Å². The number of fused-ring (bicyclic) bond motifs is 4. The molecule has 1 aromatic rings. The van der Waals surface area contributed by atoms with E-state index in [4.69, 9.17) is 18.0 Å². The number of piperidine rings is 1. The molecule has 0 radical (unpaired) electrons. The molecule has 2 nitrogen and oxygen atoms in total. The molecule has 0 aromatic heterocycles. The van der Waals surface area contributed by atoms with Crippen LogP contribution in [0.5, 0.6) is 0 Å². The summed E-state index contributed by atoms with van der Waals surface area (Å²) in [6.45, 7) is 7.49. The fraction of sp³-hybridized carbons (Fsp3) is 0.632. The van der Waals surface area contributed by atoms with Crippen LogP contribution in [-0.2, 0) is 11.8 Å². The molecular weight excluding hydrogens is 288 g/mol. The Morgan fingerprint density at radius 2 is 2.18 bits per heavy atom. The number of hydrogen-bond acceptors (Lipinski definition) is 2. The highest BCUT2D eigenvalue weighted by atomic mass is 32.1. The maximum absolute atomic E-state index is 5.86. The summed E-state index contributed by atoms with van der Waals surface area (Å²) >= 11 is 5.19. The van der Waals surface area contributed by atoms with Crippen molar-refractivity contribution in [3.8, 4) is 0 Å². The molecule has 2 aliphatic carbocycles. The monoisotopic (exact) mass is 314 g/mol. The second kappa shape index (κ2) is 5.04. The van der Waals surface area contributed by atoms with Gasteiger partial charge in [-0.3, -0.25) is 4.90 Å². The summed E-state index contributed by atoms with van der Waals surface area (Å²) in [5.41, 5.74) is 10.2. The number of rotatable bonds is 3. The van der Waals surface area contributed by atoms with Crippen LogP contribution in [0.3, 0.4) is 0 Å². The molecule has 0 amide bonds. The first-order chi connectivity index (χ1) is 10.5. The van der Waals surface area contributed by atoms with Crippen molar-refractivity contribution in [1.82, 2.24) is 4.90 Å². The molecule has 22 heavy (non-hydrogen) atoms. The van der Waals surface area contributed by atoms with Gasteiger partial charge in [0.05, 0.1) is 0 Å². The molecule has 2 bridgehead atoms. The van der Waals surface area contributed by atoms with Crippen LogP contribution in [0.1, 0.15) is 49.8 Å². The van der Waals surface area contributed by atoms with Crippen molar-refractivity contribution >= 4 is 17.2 Å².